The summed E-state index contributed by atoms with van der Waals surface area (Å²) in [6.07, 6.45) is 1.90. The zero-order chi connectivity index (χ0) is 16.1. The van der Waals surface area contributed by atoms with E-state index in [9.17, 15) is 9.90 Å². The Morgan fingerprint density at radius 1 is 1.26 bits per heavy atom. The number of nitrogens with zero attached hydrogens (tertiary/aromatic N) is 1. The van der Waals surface area contributed by atoms with Crippen molar-refractivity contribution in [3.05, 3.63) is 60.1 Å². The van der Waals surface area contributed by atoms with Gasteiger partial charge in [0.15, 0.2) is 0 Å². The molecule has 122 valence electrons. The summed E-state index contributed by atoms with van der Waals surface area (Å²) in [6.45, 7) is 1.24. The van der Waals surface area contributed by atoms with Crippen LogP contribution in [0.3, 0.4) is 0 Å². The summed E-state index contributed by atoms with van der Waals surface area (Å²) >= 11 is 0. The van der Waals surface area contributed by atoms with Crippen molar-refractivity contribution < 1.29 is 19.1 Å². The van der Waals surface area contributed by atoms with Crippen LogP contribution in [0.2, 0.25) is 0 Å². The Balaban J connectivity index is 1.73. The molecule has 2 aromatic rings. The lowest BCUT2D eigenvalue weighted by Gasteiger charge is -2.27. The van der Waals surface area contributed by atoms with E-state index in [0.717, 1.165) is 18.4 Å². The maximum Gasteiger partial charge on any atom is 0.252 e. The first kappa shape index (κ1) is 15.8. The molecule has 23 heavy (non-hydrogen) atoms. The number of hydrogen-bond acceptors (Lipinski definition) is 4. The quantitative estimate of drug-likeness (QED) is 0.890. The summed E-state index contributed by atoms with van der Waals surface area (Å²) in [5, 5.41) is 10.3. The normalized spacial score (nSPS) is 18.7. The van der Waals surface area contributed by atoms with Gasteiger partial charge < -0.3 is 19.2 Å². The first-order chi connectivity index (χ1) is 11.2. The number of rotatable bonds is 6. The van der Waals surface area contributed by atoms with E-state index >= 15 is 0 Å². The lowest BCUT2D eigenvalue weighted by atomic mass is 10.1. The van der Waals surface area contributed by atoms with Crippen LogP contribution in [0.1, 0.15) is 30.3 Å². The van der Waals surface area contributed by atoms with Crippen molar-refractivity contribution in [1.82, 2.24) is 4.90 Å². The molecular formula is C18H21NO4. The molecule has 0 unspecified atom stereocenters. The van der Waals surface area contributed by atoms with E-state index in [2.05, 4.69) is 0 Å². The highest BCUT2D eigenvalue weighted by Crippen LogP contribution is 2.20. The summed E-state index contributed by atoms with van der Waals surface area (Å²) in [4.78, 5) is 14.4. The highest BCUT2D eigenvalue weighted by Gasteiger charge is 2.30. The predicted octanol–water partition coefficient (Wildman–Crippen LogP) is 2.52. The number of ether oxygens (including phenoxy) is 1. The molecule has 1 aromatic heterocycles. The maximum atomic E-state index is 12.7. The Labute approximate surface area is 135 Å². The second-order valence-electron chi connectivity index (χ2n) is 5.74. The Hall–Kier alpha value is -2.11. The average Bonchev–Trinajstić information content (AvgIpc) is 3.27. The second kappa shape index (κ2) is 7.44. The van der Waals surface area contributed by atoms with Gasteiger partial charge in [-0.1, -0.05) is 30.3 Å². The van der Waals surface area contributed by atoms with Gasteiger partial charge in [0, 0.05) is 13.2 Å². The zero-order valence-corrected chi connectivity index (χ0v) is 12.9. The summed E-state index contributed by atoms with van der Waals surface area (Å²) in [7, 11) is 0. The van der Waals surface area contributed by atoms with Gasteiger partial charge in [-0.2, -0.15) is 0 Å². The minimum atomic E-state index is -0.848. The smallest absolute Gasteiger partial charge is 0.252 e. The number of carbonyl (C=O) groups excluding carboxylic acids is 1. The molecule has 1 saturated heterocycles. The molecule has 0 radical (unpaired) electrons. The fourth-order valence-corrected chi connectivity index (χ4v) is 2.79. The Morgan fingerprint density at radius 2 is 2.09 bits per heavy atom. The fraction of sp³-hybridized carbons (Fsp3) is 0.389. The van der Waals surface area contributed by atoms with E-state index in [-0.39, 0.29) is 12.5 Å². The van der Waals surface area contributed by atoms with E-state index in [1.165, 1.54) is 6.26 Å². The van der Waals surface area contributed by atoms with E-state index in [0.29, 0.717) is 18.9 Å². The van der Waals surface area contributed by atoms with Gasteiger partial charge in [0.1, 0.15) is 18.0 Å². The van der Waals surface area contributed by atoms with Crippen molar-refractivity contribution in [3.8, 4) is 0 Å². The van der Waals surface area contributed by atoms with Crippen LogP contribution >= 0.6 is 0 Å². The van der Waals surface area contributed by atoms with Crippen molar-refractivity contribution in [2.24, 2.45) is 0 Å². The topological polar surface area (TPSA) is 62.9 Å². The highest BCUT2D eigenvalue weighted by atomic mass is 16.5. The molecule has 2 heterocycles. The van der Waals surface area contributed by atoms with E-state index < -0.39 is 12.2 Å². The molecule has 1 aliphatic rings. The molecular weight excluding hydrogens is 294 g/mol. The summed E-state index contributed by atoms with van der Waals surface area (Å²) in [5.41, 5.74) is 1.02. The van der Waals surface area contributed by atoms with E-state index in [1.807, 2.05) is 30.3 Å². The summed E-state index contributed by atoms with van der Waals surface area (Å²) in [6, 6.07) is 13.2. The molecule has 0 saturated carbocycles. The fourth-order valence-electron chi connectivity index (χ4n) is 2.79. The largest absolute Gasteiger partial charge is 0.467 e. The maximum absolute atomic E-state index is 12.7. The number of amides is 1. The molecule has 5 heteroatoms. The third-order valence-electron chi connectivity index (χ3n) is 4.00. The minimum Gasteiger partial charge on any atom is -0.467 e. The predicted molar refractivity (Wildman–Crippen MR) is 84.5 cm³/mol. The van der Waals surface area contributed by atoms with Gasteiger partial charge in [-0.05, 0) is 30.5 Å². The molecule has 2 atom stereocenters. The lowest BCUT2D eigenvalue weighted by molar-refractivity contribution is -0.143. The monoisotopic (exact) mass is 315 g/mol. The van der Waals surface area contributed by atoms with Gasteiger partial charge in [-0.15, -0.1) is 0 Å². The first-order valence-electron chi connectivity index (χ1n) is 7.90. The van der Waals surface area contributed by atoms with Crippen LogP contribution in [0.15, 0.2) is 53.1 Å². The third-order valence-corrected chi connectivity index (χ3v) is 4.00. The highest BCUT2D eigenvalue weighted by molar-refractivity contribution is 5.81. The van der Waals surface area contributed by atoms with Crippen molar-refractivity contribution in [2.75, 3.05) is 13.2 Å². The Bertz CT molecular complexity index is 605. The SMILES string of the molecule is O=C([C@@H]1CCCO1)N(Cc1ccccc1)C[C@@H](O)c1ccco1. The van der Waals surface area contributed by atoms with Crippen LogP contribution in [0.25, 0.3) is 0 Å². The van der Waals surface area contributed by atoms with Gasteiger partial charge in [0.2, 0.25) is 0 Å². The molecule has 0 aliphatic carbocycles. The molecule has 1 amide bonds. The molecule has 3 rings (SSSR count). The Morgan fingerprint density at radius 3 is 2.74 bits per heavy atom. The van der Waals surface area contributed by atoms with Gasteiger partial charge in [-0.3, -0.25) is 4.79 Å². The van der Waals surface area contributed by atoms with Gasteiger partial charge in [0.25, 0.3) is 5.91 Å². The van der Waals surface area contributed by atoms with Crippen LogP contribution in [0.4, 0.5) is 0 Å². The van der Waals surface area contributed by atoms with Crippen LogP contribution in [-0.4, -0.2) is 35.2 Å². The van der Waals surface area contributed by atoms with Crippen molar-refractivity contribution >= 4 is 5.91 Å². The molecule has 1 N–H and O–H groups in total. The second-order valence-corrected chi connectivity index (χ2v) is 5.74. The number of aliphatic hydroxyl groups excluding tert-OH is 1. The van der Waals surface area contributed by atoms with Gasteiger partial charge in [-0.25, -0.2) is 0 Å². The Kier molecular flexibility index (Phi) is 5.10. The summed E-state index contributed by atoms with van der Waals surface area (Å²) in [5.74, 6) is 0.389. The van der Waals surface area contributed by atoms with Crippen LogP contribution < -0.4 is 0 Å². The molecule has 1 aromatic carbocycles. The third kappa shape index (κ3) is 4.00. The number of hydrogen-bond donors (Lipinski definition) is 1. The zero-order valence-electron chi connectivity index (χ0n) is 12.9. The van der Waals surface area contributed by atoms with Crippen LogP contribution in [0, 0.1) is 0 Å². The van der Waals surface area contributed by atoms with Crippen molar-refractivity contribution in [2.45, 2.75) is 31.6 Å². The van der Waals surface area contributed by atoms with Crippen LogP contribution in [0.5, 0.6) is 0 Å². The number of carbonyl (C=O) groups is 1. The molecule has 0 bridgehead atoms. The molecule has 1 aliphatic heterocycles. The number of benzene rings is 1. The number of furan rings is 1. The molecule has 5 nitrogen and oxygen atoms in total. The minimum absolute atomic E-state index is 0.0723. The molecule has 1 fully saturated rings. The first-order valence-corrected chi connectivity index (χ1v) is 7.90. The van der Waals surface area contributed by atoms with E-state index in [1.54, 1.807) is 17.0 Å². The molecule has 0 spiro atoms. The average molecular weight is 315 g/mol. The number of aliphatic hydroxyl groups is 1. The van der Waals surface area contributed by atoms with Crippen LogP contribution in [-0.2, 0) is 16.1 Å². The van der Waals surface area contributed by atoms with Gasteiger partial charge >= 0.3 is 0 Å². The van der Waals surface area contributed by atoms with Crippen molar-refractivity contribution in [3.63, 3.8) is 0 Å². The van der Waals surface area contributed by atoms with Gasteiger partial charge in [0.05, 0.1) is 12.8 Å². The van der Waals surface area contributed by atoms with E-state index in [4.69, 9.17) is 9.15 Å². The lowest BCUT2D eigenvalue weighted by Crippen LogP contribution is -2.40. The van der Waals surface area contributed by atoms with Crippen molar-refractivity contribution in [1.29, 1.82) is 0 Å². The standard InChI is InChI=1S/C18H21NO4/c20-15(16-8-4-10-22-16)13-19(12-14-6-2-1-3-7-14)18(21)17-9-5-11-23-17/h1-4,6-8,10,15,17,20H,5,9,11-13H2/t15-,17+/m1/s1. The summed E-state index contributed by atoms with van der Waals surface area (Å²) < 4.78 is 10.7.